The van der Waals surface area contributed by atoms with Gasteiger partial charge in [0.05, 0.1) is 31.7 Å². The van der Waals surface area contributed by atoms with Crippen molar-refractivity contribution >= 4 is 11.6 Å². The highest BCUT2D eigenvalue weighted by Gasteiger charge is 2.16. The summed E-state index contributed by atoms with van der Waals surface area (Å²) in [7, 11) is 1.65. The molecular formula is C25H30N4O4. The van der Waals surface area contributed by atoms with E-state index in [0.29, 0.717) is 24.9 Å². The number of anilines is 2. The van der Waals surface area contributed by atoms with E-state index in [1.54, 1.807) is 7.11 Å². The molecule has 0 bridgehead atoms. The summed E-state index contributed by atoms with van der Waals surface area (Å²) in [5, 5.41) is 3.29. The third-order valence-electron chi connectivity index (χ3n) is 5.31. The van der Waals surface area contributed by atoms with Crippen molar-refractivity contribution in [3.63, 3.8) is 0 Å². The zero-order chi connectivity index (χ0) is 23.0. The van der Waals surface area contributed by atoms with Gasteiger partial charge in [-0.1, -0.05) is 12.1 Å². The highest BCUT2D eigenvalue weighted by atomic mass is 16.7. The van der Waals surface area contributed by atoms with Crippen molar-refractivity contribution in [2.45, 2.75) is 46.0 Å². The molecule has 174 valence electrons. The van der Waals surface area contributed by atoms with Gasteiger partial charge in [-0.25, -0.2) is 4.98 Å². The van der Waals surface area contributed by atoms with Gasteiger partial charge >= 0.3 is 0 Å². The van der Waals surface area contributed by atoms with E-state index in [1.165, 1.54) is 0 Å². The minimum absolute atomic E-state index is 0.197. The number of nitrogens with one attached hydrogen (secondary N) is 1. The first-order chi connectivity index (χ1) is 16.1. The monoisotopic (exact) mass is 450 g/mol. The van der Waals surface area contributed by atoms with Crippen molar-refractivity contribution < 1.29 is 18.9 Å². The SMILES string of the molecule is COc1ccc(COc2cc(CCC3OCCCO3)nc(Nc3ccc(C)nc3C)n2)cc1. The molecule has 0 amide bonds. The van der Waals surface area contributed by atoms with Crippen molar-refractivity contribution in [1.82, 2.24) is 15.0 Å². The Morgan fingerprint density at radius 1 is 1.00 bits per heavy atom. The average molecular weight is 451 g/mol. The van der Waals surface area contributed by atoms with E-state index in [-0.39, 0.29) is 6.29 Å². The largest absolute Gasteiger partial charge is 0.497 e. The molecular weight excluding hydrogens is 420 g/mol. The zero-order valence-corrected chi connectivity index (χ0v) is 19.3. The van der Waals surface area contributed by atoms with Gasteiger partial charge in [0.1, 0.15) is 12.4 Å². The molecule has 1 aliphatic rings. The van der Waals surface area contributed by atoms with Crippen LogP contribution in [0.15, 0.2) is 42.5 Å². The van der Waals surface area contributed by atoms with Gasteiger partial charge in [-0.15, -0.1) is 0 Å². The van der Waals surface area contributed by atoms with Gasteiger partial charge in [-0.05, 0) is 56.5 Å². The summed E-state index contributed by atoms with van der Waals surface area (Å²) < 4.78 is 22.6. The highest BCUT2D eigenvalue weighted by Crippen LogP contribution is 2.22. The topological polar surface area (TPSA) is 87.6 Å². The second kappa shape index (κ2) is 11.1. The lowest BCUT2D eigenvalue weighted by Gasteiger charge is -2.23. The summed E-state index contributed by atoms with van der Waals surface area (Å²) in [5.74, 6) is 1.78. The van der Waals surface area contributed by atoms with Crippen LogP contribution < -0.4 is 14.8 Å². The number of aryl methyl sites for hydroxylation is 3. The normalized spacial score (nSPS) is 14.2. The third-order valence-corrected chi connectivity index (χ3v) is 5.31. The van der Waals surface area contributed by atoms with Crippen molar-refractivity contribution in [3.8, 4) is 11.6 Å². The molecule has 0 radical (unpaired) electrons. The number of pyridine rings is 1. The number of hydrogen-bond donors (Lipinski definition) is 1. The maximum absolute atomic E-state index is 6.02. The fourth-order valence-corrected chi connectivity index (χ4v) is 3.52. The number of aromatic nitrogens is 3. The lowest BCUT2D eigenvalue weighted by atomic mass is 10.2. The van der Waals surface area contributed by atoms with E-state index >= 15 is 0 Å². The maximum Gasteiger partial charge on any atom is 0.230 e. The van der Waals surface area contributed by atoms with E-state index in [1.807, 2.05) is 56.3 Å². The van der Waals surface area contributed by atoms with Gasteiger partial charge in [-0.2, -0.15) is 4.98 Å². The predicted molar refractivity (Wildman–Crippen MR) is 125 cm³/mol. The Bertz CT molecular complexity index is 1050. The van der Waals surface area contributed by atoms with E-state index in [2.05, 4.69) is 15.3 Å². The number of ether oxygens (including phenoxy) is 4. The molecule has 1 saturated heterocycles. The molecule has 0 unspecified atom stereocenters. The van der Waals surface area contributed by atoms with Crippen LogP contribution in [0.2, 0.25) is 0 Å². The minimum Gasteiger partial charge on any atom is -0.497 e. The van der Waals surface area contributed by atoms with Crippen LogP contribution in [0.3, 0.4) is 0 Å². The Hall–Kier alpha value is -3.23. The van der Waals surface area contributed by atoms with Crippen LogP contribution in [0.5, 0.6) is 11.6 Å². The summed E-state index contributed by atoms with van der Waals surface area (Å²) in [6.45, 7) is 5.78. The smallest absolute Gasteiger partial charge is 0.230 e. The highest BCUT2D eigenvalue weighted by molar-refractivity contribution is 5.56. The second-order valence-corrected chi connectivity index (χ2v) is 7.93. The molecule has 3 aromatic rings. The van der Waals surface area contributed by atoms with E-state index in [0.717, 1.165) is 60.1 Å². The number of methoxy groups -OCH3 is 1. The fourth-order valence-electron chi connectivity index (χ4n) is 3.52. The Morgan fingerprint density at radius 2 is 1.79 bits per heavy atom. The van der Waals surface area contributed by atoms with Crippen LogP contribution in [0, 0.1) is 13.8 Å². The lowest BCUT2D eigenvalue weighted by Crippen LogP contribution is -2.25. The summed E-state index contributed by atoms with van der Waals surface area (Å²) in [5.41, 5.74) is 4.58. The predicted octanol–water partition coefficient (Wildman–Crippen LogP) is 4.52. The van der Waals surface area contributed by atoms with Gasteiger partial charge in [0, 0.05) is 23.9 Å². The van der Waals surface area contributed by atoms with Crippen LogP contribution in [0.4, 0.5) is 11.6 Å². The molecule has 0 atom stereocenters. The Kier molecular flexibility index (Phi) is 7.70. The third kappa shape index (κ3) is 6.63. The Morgan fingerprint density at radius 3 is 2.52 bits per heavy atom. The molecule has 0 spiro atoms. The fraction of sp³-hybridized carbons (Fsp3) is 0.400. The van der Waals surface area contributed by atoms with Gasteiger partial charge in [0.25, 0.3) is 0 Å². The molecule has 1 aliphatic heterocycles. The Labute approximate surface area is 194 Å². The molecule has 1 N–H and O–H groups in total. The van der Waals surface area contributed by atoms with E-state index in [9.17, 15) is 0 Å². The van der Waals surface area contributed by atoms with Gasteiger partial charge in [0.2, 0.25) is 11.8 Å². The summed E-state index contributed by atoms with van der Waals surface area (Å²) in [4.78, 5) is 13.8. The zero-order valence-electron chi connectivity index (χ0n) is 19.3. The van der Waals surface area contributed by atoms with E-state index < -0.39 is 0 Å². The number of rotatable bonds is 9. The molecule has 2 aromatic heterocycles. The second-order valence-electron chi connectivity index (χ2n) is 7.93. The quantitative estimate of drug-likeness (QED) is 0.509. The number of nitrogens with zero attached hydrogens (tertiary/aromatic N) is 3. The van der Waals surface area contributed by atoms with Gasteiger partial charge in [-0.3, -0.25) is 4.98 Å². The molecule has 33 heavy (non-hydrogen) atoms. The van der Waals surface area contributed by atoms with E-state index in [4.69, 9.17) is 23.9 Å². The molecule has 4 rings (SSSR count). The Balaban J connectivity index is 1.50. The van der Waals surface area contributed by atoms with Crippen LogP contribution in [0.1, 0.15) is 35.5 Å². The van der Waals surface area contributed by atoms with Gasteiger partial charge < -0.3 is 24.3 Å². The van der Waals surface area contributed by atoms with Crippen molar-refractivity contribution in [1.29, 1.82) is 0 Å². The summed E-state index contributed by atoms with van der Waals surface area (Å²) >= 11 is 0. The van der Waals surface area contributed by atoms with Crippen LogP contribution in [-0.2, 0) is 22.5 Å². The summed E-state index contributed by atoms with van der Waals surface area (Å²) in [6.07, 6.45) is 2.15. The molecule has 3 heterocycles. The van der Waals surface area contributed by atoms with Crippen molar-refractivity contribution in [2.75, 3.05) is 25.6 Å². The van der Waals surface area contributed by atoms with Crippen molar-refractivity contribution in [2.24, 2.45) is 0 Å². The first-order valence-corrected chi connectivity index (χ1v) is 11.2. The molecule has 1 aromatic carbocycles. The summed E-state index contributed by atoms with van der Waals surface area (Å²) in [6, 6.07) is 13.6. The average Bonchev–Trinajstić information content (AvgIpc) is 2.84. The molecule has 0 aliphatic carbocycles. The lowest BCUT2D eigenvalue weighted by molar-refractivity contribution is -0.180. The molecule has 1 fully saturated rings. The molecule has 0 saturated carbocycles. The van der Waals surface area contributed by atoms with Gasteiger partial charge in [0.15, 0.2) is 6.29 Å². The number of benzene rings is 1. The molecule has 8 nitrogen and oxygen atoms in total. The van der Waals surface area contributed by atoms with Crippen LogP contribution in [-0.4, -0.2) is 41.6 Å². The van der Waals surface area contributed by atoms with Crippen LogP contribution >= 0.6 is 0 Å². The molecule has 8 heteroatoms. The first kappa shape index (κ1) is 22.9. The number of hydrogen-bond acceptors (Lipinski definition) is 8. The minimum atomic E-state index is -0.197. The maximum atomic E-state index is 6.02. The standard InChI is InChI=1S/C25H30N4O4/c1-17-5-11-22(18(2)26-17)28-25-27-20(8-12-24-31-13-4-14-32-24)15-23(29-25)33-16-19-6-9-21(30-3)10-7-19/h5-7,9-11,15,24H,4,8,12-14,16H2,1-3H3,(H,27,28,29). The first-order valence-electron chi connectivity index (χ1n) is 11.2. The van der Waals surface area contributed by atoms with Crippen molar-refractivity contribution in [3.05, 3.63) is 65.1 Å². The van der Waals surface area contributed by atoms with Crippen LogP contribution in [0.25, 0.3) is 0 Å².